The lowest BCUT2D eigenvalue weighted by Gasteiger charge is -2.16. The molecule has 1 N–H and O–H groups in total. The van der Waals surface area contributed by atoms with Gasteiger partial charge in [-0.2, -0.15) is 5.10 Å². The molecule has 7 nitrogen and oxygen atoms in total. The number of nitrogens with zero attached hydrogens (tertiary/aromatic N) is 3. The molecular formula is C24H22N4O3. The molecule has 2 heterocycles. The van der Waals surface area contributed by atoms with Crippen molar-refractivity contribution in [2.24, 2.45) is 0 Å². The highest BCUT2D eigenvalue weighted by Gasteiger charge is 2.19. The van der Waals surface area contributed by atoms with Crippen molar-refractivity contribution in [3.05, 3.63) is 83.3 Å². The first kappa shape index (κ1) is 20.3. The average molecular weight is 414 g/mol. The van der Waals surface area contributed by atoms with E-state index in [0.717, 1.165) is 22.2 Å². The van der Waals surface area contributed by atoms with E-state index in [1.165, 1.54) is 10.7 Å². The lowest BCUT2D eigenvalue weighted by molar-refractivity contribution is -0.119. The molecule has 7 heteroatoms. The van der Waals surface area contributed by atoms with Crippen LogP contribution in [0.4, 0.5) is 5.69 Å². The van der Waals surface area contributed by atoms with Gasteiger partial charge in [0.15, 0.2) is 0 Å². The molecule has 31 heavy (non-hydrogen) atoms. The highest BCUT2D eigenvalue weighted by Crippen LogP contribution is 2.23. The number of hydrogen-bond donors (Lipinski definition) is 1. The van der Waals surface area contributed by atoms with Crippen LogP contribution in [0.1, 0.15) is 19.9 Å². The van der Waals surface area contributed by atoms with E-state index in [-0.39, 0.29) is 11.5 Å². The summed E-state index contributed by atoms with van der Waals surface area (Å²) in [5, 5.41) is 8.16. The van der Waals surface area contributed by atoms with Crippen molar-refractivity contribution < 1.29 is 9.53 Å². The van der Waals surface area contributed by atoms with E-state index < -0.39 is 6.04 Å². The van der Waals surface area contributed by atoms with Crippen LogP contribution in [0.25, 0.3) is 22.2 Å². The summed E-state index contributed by atoms with van der Waals surface area (Å²) >= 11 is 0. The topological polar surface area (TPSA) is 86.1 Å². The minimum absolute atomic E-state index is 0.338. The molecule has 0 spiro atoms. The van der Waals surface area contributed by atoms with Gasteiger partial charge in [0, 0.05) is 23.2 Å². The molecule has 0 radical (unpaired) electrons. The third kappa shape index (κ3) is 4.30. The first-order valence-corrected chi connectivity index (χ1v) is 10.0. The monoisotopic (exact) mass is 414 g/mol. The second kappa shape index (κ2) is 8.79. The summed E-state index contributed by atoms with van der Waals surface area (Å²) < 4.78 is 6.66. The SMILES string of the molecule is CCOc1ccc(-c2ccc(=O)n(C(C)C(=O)Nc3cccc4ncccc34)n2)cc1. The Hall–Kier alpha value is -4.00. The minimum atomic E-state index is -0.804. The summed E-state index contributed by atoms with van der Waals surface area (Å²) in [7, 11) is 0. The number of hydrogen-bond acceptors (Lipinski definition) is 5. The molecule has 0 saturated carbocycles. The van der Waals surface area contributed by atoms with Crippen LogP contribution in [-0.2, 0) is 4.79 Å². The van der Waals surface area contributed by atoms with E-state index in [9.17, 15) is 9.59 Å². The number of rotatable bonds is 6. The standard InChI is InChI=1S/C24H22N4O3/c1-3-31-18-11-9-17(10-12-18)20-13-14-23(29)28(27-20)16(2)24(30)26-22-8-4-7-21-19(22)6-5-15-25-21/h4-16H,3H2,1-2H3,(H,26,30). The van der Waals surface area contributed by atoms with Crippen molar-refractivity contribution in [2.45, 2.75) is 19.9 Å². The second-order valence-electron chi connectivity index (χ2n) is 7.00. The van der Waals surface area contributed by atoms with E-state index in [1.54, 1.807) is 25.3 Å². The first-order valence-electron chi connectivity index (χ1n) is 10.0. The van der Waals surface area contributed by atoms with Crippen molar-refractivity contribution in [3.63, 3.8) is 0 Å². The van der Waals surface area contributed by atoms with Crippen LogP contribution in [-0.4, -0.2) is 27.3 Å². The molecule has 2 aromatic carbocycles. The fraction of sp³-hybridized carbons (Fsp3) is 0.167. The number of carbonyl (C=O) groups is 1. The first-order chi connectivity index (χ1) is 15.1. The lowest BCUT2D eigenvalue weighted by atomic mass is 10.1. The number of fused-ring (bicyclic) bond motifs is 1. The van der Waals surface area contributed by atoms with E-state index in [4.69, 9.17) is 4.74 Å². The zero-order valence-corrected chi connectivity index (χ0v) is 17.3. The predicted octanol–water partition coefficient (Wildman–Crippen LogP) is 4.06. The molecule has 0 saturated heterocycles. The van der Waals surface area contributed by atoms with Gasteiger partial charge in [0.1, 0.15) is 11.8 Å². The van der Waals surface area contributed by atoms with Gasteiger partial charge in [-0.3, -0.25) is 14.6 Å². The van der Waals surface area contributed by atoms with Gasteiger partial charge in [-0.25, -0.2) is 4.68 Å². The Morgan fingerprint density at radius 1 is 1.06 bits per heavy atom. The fourth-order valence-corrected chi connectivity index (χ4v) is 3.31. The summed E-state index contributed by atoms with van der Waals surface area (Å²) in [6.45, 7) is 4.16. The van der Waals surface area contributed by atoms with Crippen LogP contribution in [0.2, 0.25) is 0 Å². The smallest absolute Gasteiger partial charge is 0.267 e. The summed E-state index contributed by atoms with van der Waals surface area (Å²) in [5.74, 6) is 0.423. The highest BCUT2D eigenvalue weighted by molar-refractivity contribution is 6.02. The maximum Gasteiger partial charge on any atom is 0.267 e. The Morgan fingerprint density at radius 2 is 1.87 bits per heavy atom. The number of aromatic nitrogens is 3. The van der Waals surface area contributed by atoms with Crippen LogP contribution in [0, 0.1) is 0 Å². The van der Waals surface area contributed by atoms with Crippen LogP contribution in [0.3, 0.4) is 0 Å². The van der Waals surface area contributed by atoms with Gasteiger partial charge in [0.2, 0.25) is 5.91 Å². The Morgan fingerprint density at radius 3 is 2.65 bits per heavy atom. The lowest BCUT2D eigenvalue weighted by Crippen LogP contribution is -2.33. The van der Waals surface area contributed by atoms with E-state index in [2.05, 4.69) is 15.4 Å². The molecular weight excluding hydrogens is 392 g/mol. The van der Waals surface area contributed by atoms with Gasteiger partial charge in [-0.05, 0) is 68.4 Å². The van der Waals surface area contributed by atoms with Crippen molar-refractivity contribution in [2.75, 3.05) is 11.9 Å². The number of carbonyl (C=O) groups excluding carboxylic acids is 1. The zero-order chi connectivity index (χ0) is 21.8. The van der Waals surface area contributed by atoms with Crippen molar-refractivity contribution in [1.82, 2.24) is 14.8 Å². The fourth-order valence-electron chi connectivity index (χ4n) is 3.31. The molecule has 0 aliphatic carbocycles. The van der Waals surface area contributed by atoms with Gasteiger partial charge >= 0.3 is 0 Å². The molecule has 2 aromatic heterocycles. The second-order valence-corrected chi connectivity index (χ2v) is 7.00. The van der Waals surface area contributed by atoms with Gasteiger partial charge in [0.25, 0.3) is 5.56 Å². The summed E-state index contributed by atoms with van der Waals surface area (Å²) in [6, 6.07) is 18.9. The third-order valence-electron chi connectivity index (χ3n) is 4.94. The Kier molecular flexibility index (Phi) is 5.75. The largest absolute Gasteiger partial charge is 0.494 e. The summed E-state index contributed by atoms with van der Waals surface area (Å²) in [5.41, 5.74) is 2.48. The van der Waals surface area contributed by atoms with E-state index in [0.29, 0.717) is 18.0 Å². The quantitative estimate of drug-likeness (QED) is 0.514. The number of amides is 1. The average Bonchev–Trinajstić information content (AvgIpc) is 2.80. The van der Waals surface area contributed by atoms with Crippen LogP contribution in [0.5, 0.6) is 5.75 Å². The van der Waals surface area contributed by atoms with Crippen molar-refractivity contribution in [1.29, 1.82) is 0 Å². The normalized spacial score (nSPS) is 11.8. The van der Waals surface area contributed by atoms with Gasteiger partial charge < -0.3 is 10.1 Å². The number of pyridine rings is 1. The number of nitrogens with one attached hydrogen (secondary N) is 1. The number of benzene rings is 2. The van der Waals surface area contributed by atoms with E-state index in [1.807, 2.05) is 55.5 Å². The van der Waals surface area contributed by atoms with E-state index >= 15 is 0 Å². The molecule has 4 rings (SSSR count). The summed E-state index contributed by atoms with van der Waals surface area (Å²) in [4.78, 5) is 29.7. The molecule has 156 valence electrons. The van der Waals surface area contributed by atoms with Crippen LogP contribution >= 0.6 is 0 Å². The Bertz CT molecular complexity index is 1280. The molecule has 1 atom stereocenters. The molecule has 1 unspecified atom stereocenters. The van der Waals surface area contributed by atoms with Crippen LogP contribution < -0.4 is 15.6 Å². The number of anilines is 1. The molecule has 1 amide bonds. The minimum Gasteiger partial charge on any atom is -0.494 e. The highest BCUT2D eigenvalue weighted by atomic mass is 16.5. The maximum atomic E-state index is 12.9. The van der Waals surface area contributed by atoms with Crippen LogP contribution in [0.15, 0.2) is 77.7 Å². The summed E-state index contributed by atoms with van der Waals surface area (Å²) in [6.07, 6.45) is 1.70. The predicted molar refractivity (Wildman–Crippen MR) is 120 cm³/mol. The van der Waals surface area contributed by atoms with Crippen molar-refractivity contribution in [3.8, 4) is 17.0 Å². The third-order valence-corrected chi connectivity index (χ3v) is 4.94. The van der Waals surface area contributed by atoms with Gasteiger partial charge in [-0.15, -0.1) is 0 Å². The maximum absolute atomic E-state index is 12.9. The molecule has 0 bridgehead atoms. The van der Waals surface area contributed by atoms with Gasteiger partial charge in [-0.1, -0.05) is 6.07 Å². The Labute approximate surface area is 179 Å². The van der Waals surface area contributed by atoms with Gasteiger partial charge in [0.05, 0.1) is 23.5 Å². The Balaban J connectivity index is 1.60. The zero-order valence-electron chi connectivity index (χ0n) is 17.3. The molecule has 4 aromatic rings. The number of ether oxygens (including phenoxy) is 1. The molecule has 0 fully saturated rings. The molecule has 0 aliphatic heterocycles. The molecule has 0 aliphatic rings. The van der Waals surface area contributed by atoms with Crippen molar-refractivity contribution >= 4 is 22.5 Å².